The smallest absolute Gasteiger partial charge is 0.334 e. The molecule has 0 fully saturated rings. The van der Waals surface area contributed by atoms with Gasteiger partial charge in [-0.3, -0.25) is 0 Å². The summed E-state index contributed by atoms with van der Waals surface area (Å²) in [4.78, 5) is 11.6. The molecular formula is C38H74O3. The van der Waals surface area contributed by atoms with Crippen LogP contribution in [0.15, 0.2) is 11.3 Å². The molecule has 41 heavy (non-hydrogen) atoms. The topological polar surface area (TPSA) is 57.5 Å². The number of aliphatic hydroxyl groups excluding tert-OH is 1. The van der Waals surface area contributed by atoms with Crippen LogP contribution >= 0.6 is 0 Å². The molecule has 0 atom stereocenters. The molecule has 0 heterocycles. The van der Waals surface area contributed by atoms with E-state index in [-0.39, 0.29) is 11.3 Å². The lowest BCUT2D eigenvalue weighted by molar-refractivity contribution is -0.133. The molecule has 0 saturated heterocycles. The van der Waals surface area contributed by atoms with Crippen LogP contribution < -0.4 is 0 Å². The van der Waals surface area contributed by atoms with Crippen molar-refractivity contribution in [1.82, 2.24) is 0 Å². The van der Waals surface area contributed by atoms with E-state index < -0.39 is 5.97 Å². The number of hydrogen-bond acceptors (Lipinski definition) is 2. The number of unbranched alkanes of at least 4 members (excludes halogenated alkanes) is 29. The maximum Gasteiger partial charge on any atom is 0.334 e. The summed E-state index contributed by atoms with van der Waals surface area (Å²) >= 11 is 0. The van der Waals surface area contributed by atoms with Gasteiger partial charge in [0.05, 0.1) is 5.57 Å². The van der Waals surface area contributed by atoms with E-state index in [1.165, 1.54) is 173 Å². The largest absolute Gasteiger partial charge is 0.512 e. The summed E-state index contributed by atoms with van der Waals surface area (Å²) in [5.41, 5.74) is 0.259. The second-order valence-electron chi connectivity index (χ2n) is 13.0. The quantitative estimate of drug-likeness (QED) is 0.0453. The highest BCUT2D eigenvalue weighted by molar-refractivity contribution is 5.87. The third kappa shape index (κ3) is 30.3. The number of carboxylic acids is 1. The first-order valence-corrected chi connectivity index (χ1v) is 18.8. The number of carbonyl (C=O) groups is 1. The molecule has 0 spiro atoms. The molecule has 244 valence electrons. The Balaban J connectivity index is 3.46. The first-order chi connectivity index (χ1) is 20.1. The SMILES string of the molecule is CCCCCCCCCCCCCCCCCCCCCCCCCC(O)=C(CCCCCCCCCC)C(=O)O. The zero-order chi connectivity index (χ0) is 30.1. The van der Waals surface area contributed by atoms with Crippen LogP contribution in [0, 0.1) is 0 Å². The van der Waals surface area contributed by atoms with Gasteiger partial charge >= 0.3 is 5.97 Å². The molecule has 0 aliphatic carbocycles. The second-order valence-corrected chi connectivity index (χ2v) is 13.0. The van der Waals surface area contributed by atoms with E-state index in [0.717, 1.165) is 25.7 Å². The molecule has 0 rings (SSSR count). The van der Waals surface area contributed by atoms with Gasteiger partial charge in [0.1, 0.15) is 5.76 Å². The molecular weight excluding hydrogens is 504 g/mol. The van der Waals surface area contributed by atoms with Crippen molar-refractivity contribution in [2.45, 2.75) is 226 Å². The Morgan fingerprint density at radius 1 is 0.341 bits per heavy atom. The summed E-state index contributed by atoms with van der Waals surface area (Å²) in [6, 6.07) is 0. The fraction of sp³-hybridized carbons (Fsp3) is 0.921. The third-order valence-corrected chi connectivity index (χ3v) is 8.90. The molecule has 0 unspecified atom stereocenters. The molecule has 2 N–H and O–H groups in total. The van der Waals surface area contributed by atoms with Crippen molar-refractivity contribution in [3.8, 4) is 0 Å². The maximum absolute atomic E-state index is 11.6. The minimum atomic E-state index is -0.931. The maximum atomic E-state index is 11.6. The number of aliphatic hydroxyl groups is 1. The van der Waals surface area contributed by atoms with Crippen LogP contribution in [0.25, 0.3) is 0 Å². The van der Waals surface area contributed by atoms with Crippen molar-refractivity contribution >= 4 is 5.97 Å². The molecule has 0 aliphatic heterocycles. The lowest BCUT2D eigenvalue weighted by Gasteiger charge is -2.08. The number of rotatable bonds is 34. The van der Waals surface area contributed by atoms with Crippen molar-refractivity contribution in [2.75, 3.05) is 0 Å². The van der Waals surface area contributed by atoms with Crippen molar-refractivity contribution in [3.05, 3.63) is 11.3 Å². The van der Waals surface area contributed by atoms with E-state index in [9.17, 15) is 15.0 Å². The van der Waals surface area contributed by atoms with Crippen LogP contribution in [0.2, 0.25) is 0 Å². The van der Waals surface area contributed by atoms with Gasteiger partial charge in [0.2, 0.25) is 0 Å². The van der Waals surface area contributed by atoms with Crippen molar-refractivity contribution in [3.63, 3.8) is 0 Å². The molecule has 0 aliphatic rings. The lowest BCUT2D eigenvalue weighted by atomic mass is 10.0. The summed E-state index contributed by atoms with van der Waals surface area (Å²) in [5, 5.41) is 19.9. The van der Waals surface area contributed by atoms with E-state index in [4.69, 9.17) is 0 Å². The van der Waals surface area contributed by atoms with Gasteiger partial charge in [0.15, 0.2) is 0 Å². The monoisotopic (exact) mass is 579 g/mol. The van der Waals surface area contributed by atoms with Gasteiger partial charge in [0.25, 0.3) is 0 Å². The third-order valence-electron chi connectivity index (χ3n) is 8.90. The summed E-state index contributed by atoms with van der Waals surface area (Å²) in [6.07, 6.45) is 42.1. The molecule has 3 nitrogen and oxygen atoms in total. The number of carboxylic acid groups (broad SMARTS) is 1. The highest BCUT2D eigenvalue weighted by Crippen LogP contribution is 2.20. The van der Waals surface area contributed by atoms with Gasteiger partial charge in [-0.2, -0.15) is 0 Å². The predicted molar refractivity (Wildman–Crippen MR) is 181 cm³/mol. The van der Waals surface area contributed by atoms with Gasteiger partial charge in [-0.15, -0.1) is 0 Å². The first kappa shape index (κ1) is 40.0. The Bertz CT molecular complexity index is 568. The minimum absolute atomic E-state index is 0.129. The fourth-order valence-electron chi connectivity index (χ4n) is 6.04. The second kappa shape index (κ2) is 33.5. The summed E-state index contributed by atoms with van der Waals surface area (Å²) in [5.74, 6) is -0.802. The van der Waals surface area contributed by atoms with Gasteiger partial charge in [-0.05, 0) is 19.3 Å². The molecule has 0 aromatic carbocycles. The molecule has 3 heteroatoms. The van der Waals surface area contributed by atoms with E-state index in [0.29, 0.717) is 12.8 Å². The Morgan fingerprint density at radius 2 is 0.561 bits per heavy atom. The van der Waals surface area contributed by atoms with E-state index in [2.05, 4.69) is 13.8 Å². The predicted octanol–water partition coefficient (Wildman–Crippen LogP) is 13.8. The molecule has 0 aromatic rings. The lowest BCUT2D eigenvalue weighted by Crippen LogP contribution is -2.05. The average molecular weight is 579 g/mol. The van der Waals surface area contributed by atoms with Crippen molar-refractivity contribution in [2.24, 2.45) is 0 Å². The van der Waals surface area contributed by atoms with Gasteiger partial charge in [0, 0.05) is 6.42 Å². The molecule has 0 saturated carbocycles. The molecule has 0 amide bonds. The first-order valence-electron chi connectivity index (χ1n) is 18.8. The number of aliphatic carboxylic acids is 1. The van der Waals surface area contributed by atoms with Crippen molar-refractivity contribution in [1.29, 1.82) is 0 Å². The van der Waals surface area contributed by atoms with E-state index in [1.807, 2.05) is 0 Å². The van der Waals surface area contributed by atoms with Gasteiger partial charge in [-0.25, -0.2) is 4.79 Å². The van der Waals surface area contributed by atoms with Gasteiger partial charge in [-0.1, -0.05) is 200 Å². The summed E-state index contributed by atoms with van der Waals surface area (Å²) in [7, 11) is 0. The number of hydrogen-bond donors (Lipinski definition) is 2. The standard InChI is InChI=1S/C38H74O3/c1-3-5-7-9-11-13-14-15-16-17-18-19-20-21-22-23-24-25-26-27-29-31-33-35-37(39)36(38(40)41)34-32-30-28-12-10-8-6-4-2/h39H,3-35H2,1-2H3,(H,40,41). The van der Waals surface area contributed by atoms with Crippen LogP contribution in [0.1, 0.15) is 226 Å². The zero-order valence-corrected chi connectivity index (χ0v) is 28.1. The van der Waals surface area contributed by atoms with Crippen LogP contribution in [0.5, 0.6) is 0 Å². The van der Waals surface area contributed by atoms with Crippen LogP contribution in [-0.2, 0) is 4.79 Å². The highest BCUT2D eigenvalue weighted by atomic mass is 16.4. The number of allylic oxidation sites excluding steroid dienone is 1. The highest BCUT2D eigenvalue weighted by Gasteiger charge is 2.13. The van der Waals surface area contributed by atoms with Crippen LogP contribution in [0.3, 0.4) is 0 Å². The molecule has 0 aromatic heterocycles. The average Bonchev–Trinajstić information content (AvgIpc) is 2.96. The van der Waals surface area contributed by atoms with Crippen LogP contribution in [-0.4, -0.2) is 16.2 Å². The molecule has 0 bridgehead atoms. The zero-order valence-electron chi connectivity index (χ0n) is 28.1. The minimum Gasteiger partial charge on any atom is -0.512 e. The normalized spacial score (nSPS) is 12.1. The Morgan fingerprint density at radius 3 is 0.805 bits per heavy atom. The Hall–Kier alpha value is -0.990. The fourth-order valence-corrected chi connectivity index (χ4v) is 6.04. The molecule has 0 radical (unpaired) electrons. The Kier molecular flexibility index (Phi) is 32.7. The Labute approximate surface area is 257 Å². The van der Waals surface area contributed by atoms with Crippen molar-refractivity contribution < 1.29 is 15.0 Å². The summed E-state index contributed by atoms with van der Waals surface area (Å²) < 4.78 is 0. The van der Waals surface area contributed by atoms with E-state index in [1.54, 1.807) is 0 Å². The summed E-state index contributed by atoms with van der Waals surface area (Å²) in [6.45, 7) is 4.52. The van der Waals surface area contributed by atoms with E-state index >= 15 is 0 Å². The van der Waals surface area contributed by atoms with Gasteiger partial charge < -0.3 is 10.2 Å². The van der Waals surface area contributed by atoms with Crippen LogP contribution in [0.4, 0.5) is 0 Å².